The number of allylic oxidation sites excluding steroid dienone is 2. The zero-order valence-corrected chi connectivity index (χ0v) is 16.8. The van der Waals surface area contributed by atoms with E-state index in [1.807, 2.05) is 12.1 Å². The molecule has 160 valence electrons. The summed E-state index contributed by atoms with van der Waals surface area (Å²) in [4.78, 5) is 25.0. The van der Waals surface area contributed by atoms with Crippen LogP contribution in [0.1, 0.15) is 29.0 Å². The minimum atomic E-state index is -0.417. The maximum atomic E-state index is 12.0. The number of nitrogens with one attached hydrogen (secondary N) is 1. The van der Waals surface area contributed by atoms with Gasteiger partial charge < -0.3 is 14.1 Å². The van der Waals surface area contributed by atoms with E-state index in [2.05, 4.69) is 15.4 Å². The fourth-order valence-corrected chi connectivity index (χ4v) is 3.73. The van der Waals surface area contributed by atoms with Crippen molar-refractivity contribution in [3.05, 3.63) is 80.9 Å². The third-order valence-corrected chi connectivity index (χ3v) is 5.15. The van der Waals surface area contributed by atoms with E-state index in [9.17, 15) is 14.9 Å². The van der Waals surface area contributed by atoms with Crippen molar-refractivity contribution >= 4 is 23.9 Å². The number of nitro benzene ring substituents is 1. The van der Waals surface area contributed by atoms with Crippen LogP contribution in [0.15, 0.2) is 69.0 Å². The van der Waals surface area contributed by atoms with Gasteiger partial charge in [0.25, 0.3) is 5.69 Å². The summed E-state index contributed by atoms with van der Waals surface area (Å²) < 4.78 is 10.6. The predicted octanol–water partition coefficient (Wildman–Crippen LogP) is 3.37. The Kier molecular flexibility index (Phi) is 6.23. The van der Waals surface area contributed by atoms with Gasteiger partial charge in [-0.15, -0.1) is 0 Å². The lowest BCUT2D eigenvalue weighted by molar-refractivity contribution is -0.384. The standard InChI is InChI=1S/C22H22N4O5/c27-22(20-5-2-10-31-20)24-23-15-18-7-6-17(21(18)25-8-11-30-12-9-25)13-16-3-1-4-19(14-16)26(28)29/h1-5,10,13-15H,6-9,11-12H2,(H,24,27)/b17-13+,23-15-. The molecule has 2 aliphatic rings. The lowest BCUT2D eigenvalue weighted by Gasteiger charge is -2.31. The minimum Gasteiger partial charge on any atom is -0.459 e. The highest BCUT2D eigenvalue weighted by Gasteiger charge is 2.25. The van der Waals surface area contributed by atoms with E-state index in [1.54, 1.807) is 30.5 Å². The second-order valence-corrected chi connectivity index (χ2v) is 7.17. The summed E-state index contributed by atoms with van der Waals surface area (Å²) in [6.45, 7) is 2.76. The zero-order chi connectivity index (χ0) is 21.6. The van der Waals surface area contributed by atoms with Gasteiger partial charge in [0.2, 0.25) is 0 Å². The highest BCUT2D eigenvalue weighted by molar-refractivity contribution is 5.92. The summed E-state index contributed by atoms with van der Waals surface area (Å²) in [7, 11) is 0. The molecule has 1 amide bonds. The van der Waals surface area contributed by atoms with Crippen molar-refractivity contribution in [1.82, 2.24) is 10.3 Å². The molecule has 0 atom stereocenters. The predicted molar refractivity (Wildman–Crippen MR) is 114 cm³/mol. The molecule has 9 nitrogen and oxygen atoms in total. The highest BCUT2D eigenvalue weighted by atomic mass is 16.6. The Bertz CT molecular complexity index is 1050. The van der Waals surface area contributed by atoms with Gasteiger partial charge in [-0.3, -0.25) is 14.9 Å². The normalized spacial score (nSPS) is 18.2. The summed E-state index contributed by atoms with van der Waals surface area (Å²) in [6.07, 6.45) is 6.62. The number of amides is 1. The van der Waals surface area contributed by atoms with Crippen molar-refractivity contribution in [3.8, 4) is 0 Å². The number of ether oxygens (including phenoxy) is 1. The molecule has 1 aliphatic heterocycles. The van der Waals surface area contributed by atoms with Gasteiger partial charge in [-0.2, -0.15) is 5.10 Å². The molecular weight excluding hydrogens is 400 g/mol. The number of hydrazone groups is 1. The first kappa shape index (κ1) is 20.5. The molecule has 9 heteroatoms. The number of furan rings is 1. The summed E-state index contributed by atoms with van der Waals surface area (Å²) >= 11 is 0. The second kappa shape index (κ2) is 9.40. The van der Waals surface area contributed by atoms with Crippen molar-refractivity contribution in [2.24, 2.45) is 5.10 Å². The van der Waals surface area contributed by atoms with E-state index >= 15 is 0 Å². The molecule has 1 aromatic heterocycles. The molecule has 1 saturated heterocycles. The third kappa shape index (κ3) is 4.89. The number of benzene rings is 1. The Morgan fingerprint density at radius 1 is 1.19 bits per heavy atom. The Balaban J connectivity index is 1.60. The van der Waals surface area contributed by atoms with Crippen LogP contribution in [-0.4, -0.2) is 48.2 Å². The van der Waals surface area contributed by atoms with Crippen LogP contribution < -0.4 is 5.43 Å². The number of nitrogens with zero attached hydrogens (tertiary/aromatic N) is 3. The number of morpholine rings is 1. The van der Waals surface area contributed by atoms with Crippen LogP contribution in [0.5, 0.6) is 0 Å². The Labute approximate surface area is 178 Å². The molecule has 1 N–H and O–H groups in total. The van der Waals surface area contributed by atoms with Gasteiger partial charge >= 0.3 is 5.91 Å². The Morgan fingerprint density at radius 2 is 2.03 bits per heavy atom. The van der Waals surface area contributed by atoms with Gasteiger partial charge in [-0.25, -0.2) is 5.43 Å². The van der Waals surface area contributed by atoms with E-state index in [1.165, 1.54) is 12.3 Å². The molecule has 1 aliphatic carbocycles. The van der Waals surface area contributed by atoms with Crippen LogP contribution in [0.25, 0.3) is 6.08 Å². The Morgan fingerprint density at radius 3 is 2.77 bits per heavy atom. The summed E-state index contributed by atoms with van der Waals surface area (Å²) in [6, 6.07) is 9.80. The number of nitro groups is 1. The number of hydrogen-bond donors (Lipinski definition) is 1. The van der Waals surface area contributed by atoms with Crippen molar-refractivity contribution in [2.75, 3.05) is 26.3 Å². The fraction of sp³-hybridized carbons (Fsp3) is 0.273. The number of rotatable bonds is 6. The van der Waals surface area contributed by atoms with Crippen molar-refractivity contribution < 1.29 is 18.9 Å². The van der Waals surface area contributed by atoms with Gasteiger partial charge in [0.1, 0.15) is 0 Å². The number of carbonyl (C=O) groups is 1. The van der Waals surface area contributed by atoms with Gasteiger partial charge in [-0.1, -0.05) is 12.1 Å². The van der Waals surface area contributed by atoms with Gasteiger partial charge in [0, 0.05) is 30.9 Å². The molecule has 2 aromatic rings. The average Bonchev–Trinajstić information content (AvgIpc) is 3.45. The molecule has 0 radical (unpaired) electrons. The maximum Gasteiger partial charge on any atom is 0.307 e. The van der Waals surface area contributed by atoms with Crippen LogP contribution in [0.4, 0.5) is 5.69 Å². The topological polar surface area (TPSA) is 110 Å². The quantitative estimate of drug-likeness (QED) is 0.434. The van der Waals surface area contributed by atoms with Crippen LogP contribution >= 0.6 is 0 Å². The fourth-order valence-electron chi connectivity index (χ4n) is 3.73. The molecule has 1 aromatic carbocycles. The molecule has 0 bridgehead atoms. The number of hydrogen-bond acceptors (Lipinski definition) is 7. The minimum absolute atomic E-state index is 0.0617. The van der Waals surface area contributed by atoms with Crippen LogP contribution in [0, 0.1) is 10.1 Å². The molecule has 2 heterocycles. The second-order valence-electron chi connectivity index (χ2n) is 7.17. The first-order valence-electron chi connectivity index (χ1n) is 10.00. The SMILES string of the molecule is O=C(N/N=C\C1=C(N2CCOCC2)C(=C/c2cccc([N+](=O)[O-])c2)/CC1)c1ccco1. The summed E-state index contributed by atoms with van der Waals surface area (Å²) in [5, 5.41) is 15.2. The lowest BCUT2D eigenvalue weighted by atomic mass is 10.1. The van der Waals surface area contributed by atoms with E-state index in [4.69, 9.17) is 9.15 Å². The highest BCUT2D eigenvalue weighted by Crippen LogP contribution is 2.35. The van der Waals surface area contributed by atoms with Gasteiger partial charge in [0.15, 0.2) is 5.76 Å². The van der Waals surface area contributed by atoms with Crippen LogP contribution in [0.2, 0.25) is 0 Å². The first-order chi connectivity index (χ1) is 15.1. The molecule has 31 heavy (non-hydrogen) atoms. The Hall–Kier alpha value is -3.72. The van der Waals surface area contributed by atoms with E-state index in [-0.39, 0.29) is 11.4 Å². The van der Waals surface area contributed by atoms with Crippen molar-refractivity contribution in [1.29, 1.82) is 0 Å². The molecular formula is C22H22N4O5. The van der Waals surface area contributed by atoms with Crippen LogP contribution in [0.3, 0.4) is 0 Å². The smallest absolute Gasteiger partial charge is 0.307 e. The first-order valence-corrected chi connectivity index (χ1v) is 10.00. The molecule has 0 spiro atoms. The van der Waals surface area contributed by atoms with Crippen LogP contribution in [-0.2, 0) is 4.74 Å². The largest absolute Gasteiger partial charge is 0.459 e. The average molecular weight is 422 g/mol. The number of carbonyl (C=O) groups excluding carboxylic acids is 1. The third-order valence-electron chi connectivity index (χ3n) is 5.15. The van der Waals surface area contributed by atoms with E-state index < -0.39 is 10.8 Å². The summed E-state index contributed by atoms with van der Waals surface area (Å²) in [5.41, 5.74) is 6.45. The van der Waals surface area contributed by atoms with E-state index in [0.717, 1.165) is 48.3 Å². The van der Waals surface area contributed by atoms with Gasteiger partial charge in [0.05, 0.1) is 30.6 Å². The molecule has 0 unspecified atom stereocenters. The maximum absolute atomic E-state index is 12.0. The lowest BCUT2D eigenvalue weighted by Crippen LogP contribution is -2.36. The van der Waals surface area contributed by atoms with Crippen molar-refractivity contribution in [3.63, 3.8) is 0 Å². The summed E-state index contributed by atoms with van der Waals surface area (Å²) in [5.74, 6) is -0.225. The van der Waals surface area contributed by atoms with Crippen molar-refractivity contribution in [2.45, 2.75) is 12.8 Å². The van der Waals surface area contributed by atoms with E-state index in [0.29, 0.717) is 13.2 Å². The molecule has 1 fully saturated rings. The molecule has 0 saturated carbocycles. The monoisotopic (exact) mass is 422 g/mol. The zero-order valence-electron chi connectivity index (χ0n) is 16.8. The van der Waals surface area contributed by atoms with Gasteiger partial charge in [-0.05, 0) is 47.8 Å². The molecule has 4 rings (SSSR count). The number of non-ortho nitro benzene ring substituents is 1.